The van der Waals surface area contributed by atoms with Gasteiger partial charge in [0.2, 0.25) is 0 Å². The highest BCUT2D eigenvalue weighted by Crippen LogP contribution is 2.26. The number of hydrogen-bond donors (Lipinski definition) is 0. The summed E-state index contributed by atoms with van der Waals surface area (Å²) in [5.74, 6) is 0.0416. The van der Waals surface area contributed by atoms with Gasteiger partial charge in [0.15, 0.2) is 17.6 Å². The number of rotatable bonds is 5. The number of ketones is 1. The average Bonchev–Trinajstić information content (AvgIpc) is 2.28. The highest BCUT2D eigenvalue weighted by molar-refractivity contribution is 5.82. The van der Waals surface area contributed by atoms with Gasteiger partial charge >= 0.3 is 5.69 Å². The molecule has 1 rings (SSSR count). The predicted octanol–water partition coefficient (Wildman–Crippen LogP) is 2.34. The van der Waals surface area contributed by atoms with Crippen LogP contribution in [0.3, 0.4) is 0 Å². The van der Waals surface area contributed by atoms with Gasteiger partial charge < -0.3 is 4.74 Å². The lowest BCUT2D eigenvalue weighted by atomic mass is 10.2. The van der Waals surface area contributed by atoms with E-state index >= 15 is 0 Å². The third kappa shape index (κ3) is 2.79. The summed E-state index contributed by atoms with van der Waals surface area (Å²) in [7, 11) is 0. The molecular weight excluding hydrogens is 210 g/mol. The molecule has 0 N–H and O–H groups in total. The van der Waals surface area contributed by atoms with Crippen molar-refractivity contribution < 1.29 is 14.5 Å². The summed E-state index contributed by atoms with van der Waals surface area (Å²) in [6, 6.07) is 6.01. The standard InChI is InChI=1S/C11H13NO4/c1-3-10(13)8(2)16-11-7-5-4-6-9(11)12(14)15/h4-8H,3H2,1-2H3. The first-order valence-corrected chi connectivity index (χ1v) is 4.99. The monoisotopic (exact) mass is 223 g/mol. The van der Waals surface area contributed by atoms with Crippen molar-refractivity contribution in [3.8, 4) is 5.75 Å². The number of carbonyl (C=O) groups excluding carboxylic acids is 1. The van der Waals surface area contributed by atoms with Crippen LogP contribution in [0.1, 0.15) is 20.3 Å². The molecule has 0 radical (unpaired) electrons. The number of Topliss-reactive ketones (excluding diaryl/α,β-unsaturated/α-hetero) is 1. The van der Waals surface area contributed by atoms with Gasteiger partial charge in [0.05, 0.1) is 4.92 Å². The highest BCUT2D eigenvalue weighted by atomic mass is 16.6. The Balaban J connectivity index is 2.88. The second-order valence-electron chi connectivity index (χ2n) is 3.30. The maximum atomic E-state index is 11.3. The minimum Gasteiger partial charge on any atom is -0.476 e. The Hall–Kier alpha value is -1.91. The lowest BCUT2D eigenvalue weighted by molar-refractivity contribution is -0.386. The predicted molar refractivity (Wildman–Crippen MR) is 58.5 cm³/mol. The van der Waals surface area contributed by atoms with E-state index in [1.54, 1.807) is 26.0 Å². The smallest absolute Gasteiger partial charge is 0.310 e. The number of hydrogen-bond acceptors (Lipinski definition) is 4. The molecule has 5 heteroatoms. The van der Waals surface area contributed by atoms with Gasteiger partial charge in [-0.3, -0.25) is 14.9 Å². The third-order valence-electron chi connectivity index (χ3n) is 2.17. The van der Waals surface area contributed by atoms with Crippen LogP contribution in [0.4, 0.5) is 5.69 Å². The summed E-state index contributed by atoms with van der Waals surface area (Å²) in [6.45, 7) is 3.31. The molecule has 0 bridgehead atoms. The van der Waals surface area contributed by atoms with Gasteiger partial charge in [-0.1, -0.05) is 19.1 Å². The van der Waals surface area contributed by atoms with E-state index < -0.39 is 11.0 Å². The van der Waals surface area contributed by atoms with Crippen molar-refractivity contribution in [1.82, 2.24) is 0 Å². The third-order valence-corrected chi connectivity index (χ3v) is 2.17. The summed E-state index contributed by atoms with van der Waals surface area (Å²) >= 11 is 0. The van der Waals surface area contributed by atoms with Crippen LogP contribution in [0.15, 0.2) is 24.3 Å². The van der Waals surface area contributed by atoms with Gasteiger partial charge in [0, 0.05) is 12.5 Å². The molecular formula is C11H13NO4. The van der Waals surface area contributed by atoms with E-state index in [0.29, 0.717) is 6.42 Å². The van der Waals surface area contributed by atoms with Crippen molar-refractivity contribution >= 4 is 11.5 Å². The fourth-order valence-electron chi connectivity index (χ4n) is 1.25. The summed E-state index contributed by atoms with van der Waals surface area (Å²) in [5, 5.41) is 10.7. The lowest BCUT2D eigenvalue weighted by Crippen LogP contribution is -2.23. The summed E-state index contributed by atoms with van der Waals surface area (Å²) in [4.78, 5) is 21.5. The van der Waals surface area contributed by atoms with E-state index in [2.05, 4.69) is 0 Å². The topological polar surface area (TPSA) is 69.4 Å². The van der Waals surface area contributed by atoms with Crippen LogP contribution in [0, 0.1) is 10.1 Å². The Morgan fingerprint density at radius 2 is 2.12 bits per heavy atom. The van der Waals surface area contributed by atoms with Crippen molar-refractivity contribution in [3.63, 3.8) is 0 Å². The van der Waals surface area contributed by atoms with E-state index in [9.17, 15) is 14.9 Å². The molecule has 0 saturated carbocycles. The first-order chi connectivity index (χ1) is 7.56. The van der Waals surface area contributed by atoms with E-state index in [-0.39, 0.29) is 17.2 Å². The van der Waals surface area contributed by atoms with Crippen molar-refractivity contribution in [2.75, 3.05) is 0 Å². The van der Waals surface area contributed by atoms with Crippen LogP contribution >= 0.6 is 0 Å². The van der Waals surface area contributed by atoms with Crippen molar-refractivity contribution in [2.24, 2.45) is 0 Å². The van der Waals surface area contributed by atoms with E-state index in [1.807, 2.05) is 0 Å². The van der Waals surface area contributed by atoms with E-state index in [0.717, 1.165) is 0 Å². The first kappa shape index (κ1) is 12.2. The van der Waals surface area contributed by atoms with Gasteiger partial charge in [-0.2, -0.15) is 0 Å². The van der Waals surface area contributed by atoms with Crippen LogP contribution in [-0.4, -0.2) is 16.8 Å². The molecule has 1 atom stereocenters. The zero-order chi connectivity index (χ0) is 12.1. The zero-order valence-electron chi connectivity index (χ0n) is 9.17. The van der Waals surface area contributed by atoms with Crippen LogP contribution in [0.25, 0.3) is 0 Å². The molecule has 0 aliphatic rings. The molecule has 0 heterocycles. The van der Waals surface area contributed by atoms with Gasteiger partial charge in [-0.05, 0) is 13.0 Å². The van der Waals surface area contributed by atoms with Gasteiger partial charge in [-0.25, -0.2) is 0 Å². The zero-order valence-corrected chi connectivity index (χ0v) is 9.17. The molecule has 0 aliphatic carbocycles. The van der Waals surface area contributed by atoms with Crippen LogP contribution in [0.5, 0.6) is 5.75 Å². The molecule has 16 heavy (non-hydrogen) atoms. The first-order valence-electron chi connectivity index (χ1n) is 4.99. The summed E-state index contributed by atoms with van der Waals surface area (Å²) in [5.41, 5.74) is -0.127. The van der Waals surface area contributed by atoms with Gasteiger partial charge in [0.1, 0.15) is 0 Å². The van der Waals surface area contributed by atoms with Crippen molar-refractivity contribution in [2.45, 2.75) is 26.4 Å². The number of para-hydroxylation sites is 2. The fourth-order valence-corrected chi connectivity index (χ4v) is 1.25. The second-order valence-corrected chi connectivity index (χ2v) is 3.30. The molecule has 0 aromatic heterocycles. The minimum atomic E-state index is -0.661. The van der Waals surface area contributed by atoms with Gasteiger partial charge in [0.25, 0.3) is 0 Å². The van der Waals surface area contributed by atoms with Crippen molar-refractivity contribution in [1.29, 1.82) is 0 Å². The Labute approximate surface area is 93.2 Å². The minimum absolute atomic E-state index is 0.0850. The Kier molecular flexibility index (Phi) is 3.99. The number of benzene rings is 1. The number of nitrogens with zero attached hydrogens (tertiary/aromatic N) is 1. The Morgan fingerprint density at radius 3 is 2.69 bits per heavy atom. The normalized spacial score (nSPS) is 11.9. The molecule has 1 aromatic carbocycles. The quantitative estimate of drug-likeness (QED) is 0.567. The van der Waals surface area contributed by atoms with Gasteiger partial charge in [-0.15, -0.1) is 0 Å². The molecule has 1 aromatic rings. The molecule has 0 fully saturated rings. The number of carbonyl (C=O) groups is 1. The van der Waals surface area contributed by atoms with Crippen molar-refractivity contribution in [3.05, 3.63) is 34.4 Å². The molecule has 0 amide bonds. The van der Waals surface area contributed by atoms with E-state index in [1.165, 1.54) is 12.1 Å². The SMILES string of the molecule is CCC(=O)C(C)Oc1ccccc1[N+](=O)[O-]. The van der Waals surface area contributed by atoms with Crippen LogP contribution in [-0.2, 0) is 4.79 Å². The van der Waals surface area contributed by atoms with Crippen LogP contribution < -0.4 is 4.74 Å². The molecule has 5 nitrogen and oxygen atoms in total. The molecule has 0 spiro atoms. The number of nitro groups is 1. The fraction of sp³-hybridized carbons (Fsp3) is 0.364. The molecule has 0 aliphatic heterocycles. The number of ether oxygens (including phenoxy) is 1. The Morgan fingerprint density at radius 1 is 1.50 bits per heavy atom. The van der Waals surface area contributed by atoms with Crippen LogP contribution in [0.2, 0.25) is 0 Å². The Bertz CT molecular complexity index is 403. The molecule has 0 saturated heterocycles. The number of nitro benzene ring substituents is 1. The largest absolute Gasteiger partial charge is 0.476 e. The summed E-state index contributed by atoms with van der Waals surface area (Å²) < 4.78 is 5.27. The summed E-state index contributed by atoms with van der Waals surface area (Å²) in [6.07, 6.45) is -0.312. The maximum Gasteiger partial charge on any atom is 0.310 e. The molecule has 86 valence electrons. The van der Waals surface area contributed by atoms with E-state index in [4.69, 9.17) is 4.74 Å². The lowest BCUT2D eigenvalue weighted by Gasteiger charge is -2.12. The second kappa shape index (κ2) is 5.25. The maximum absolute atomic E-state index is 11.3. The molecule has 1 unspecified atom stereocenters. The highest BCUT2D eigenvalue weighted by Gasteiger charge is 2.19. The average molecular weight is 223 g/mol.